The van der Waals surface area contributed by atoms with E-state index in [0.717, 1.165) is 18.2 Å². The van der Waals surface area contributed by atoms with Gasteiger partial charge in [0.25, 0.3) is 0 Å². The molecule has 0 bridgehead atoms. The summed E-state index contributed by atoms with van der Waals surface area (Å²) in [5.41, 5.74) is 0.981. The highest BCUT2D eigenvalue weighted by atomic mass is 19.1. The molecule has 0 fully saturated rings. The van der Waals surface area contributed by atoms with Crippen LogP contribution in [0.25, 0.3) is 0 Å². The molecule has 1 aromatic heterocycles. The van der Waals surface area contributed by atoms with Gasteiger partial charge in [-0.1, -0.05) is 0 Å². The zero-order chi connectivity index (χ0) is 14.2. The van der Waals surface area contributed by atoms with Gasteiger partial charge >= 0.3 is 5.97 Å². The van der Waals surface area contributed by atoms with E-state index in [2.05, 4.69) is 5.10 Å². The van der Waals surface area contributed by atoms with Gasteiger partial charge in [-0.3, -0.25) is 4.68 Å². The first-order valence-electron chi connectivity index (χ1n) is 5.61. The van der Waals surface area contributed by atoms with Crippen molar-refractivity contribution in [3.8, 4) is 0 Å². The largest absolute Gasteiger partial charge is 0.478 e. The highest BCUT2D eigenvalue weighted by molar-refractivity contribution is 5.90. The second kappa shape index (κ2) is 4.79. The Morgan fingerprint density at radius 2 is 2.05 bits per heavy atom. The minimum absolute atomic E-state index is 0.0104. The monoisotopic (exact) mass is 266 g/mol. The molecule has 1 N–H and O–H groups in total. The molecule has 19 heavy (non-hydrogen) atoms. The lowest BCUT2D eigenvalue weighted by atomic mass is 10.2. The molecular weight excluding hydrogens is 254 g/mol. The quantitative estimate of drug-likeness (QED) is 0.928. The summed E-state index contributed by atoms with van der Waals surface area (Å²) >= 11 is 0. The lowest BCUT2D eigenvalue weighted by Gasteiger charge is -2.06. The van der Waals surface area contributed by atoms with Crippen LogP contribution in [0.15, 0.2) is 18.2 Å². The van der Waals surface area contributed by atoms with Crippen LogP contribution < -0.4 is 0 Å². The average Bonchev–Trinajstić information content (AvgIpc) is 2.59. The van der Waals surface area contributed by atoms with Crippen LogP contribution in [0.1, 0.15) is 27.3 Å². The Morgan fingerprint density at radius 1 is 1.37 bits per heavy atom. The predicted octanol–water partition coefficient (Wildman–Crippen LogP) is 2.52. The molecular formula is C13H12F2N2O2. The van der Waals surface area contributed by atoms with E-state index in [1.165, 1.54) is 4.68 Å². The summed E-state index contributed by atoms with van der Waals surface area (Å²) in [6.07, 6.45) is 0. The van der Waals surface area contributed by atoms with Crippen molar-refractivity contribution >= 4 is 5.97 Å². The number of carbonyl (C=O) groups is 1. The summed E-state index contributed by atoms with van der Waals surface area (Å²) in [7, 11) is 0. The van der Waals surface area contributed by atoms with Gasteiger partial charge in [-0.2, -0.15) is 5.10 Å². The third-order valence-electron chi connectivity index (χ3n) is 2.92. The number of benzene rings is 1. The number of aryl methyl sites for hydroxylation is 1. The maximum Gasteiger partial charge on any atom is 0.339 e. The van der Waals surface area contributed by atoms with Crippen LogP contribution in [-0.2, 0) is 6.54 Å². The van der Waals surface area contributed by atoms with Crippen molar-refractivity contribution in [1.82, 2.24) is 9.78 Å². The molecule has 0 amide bonds. The average molecular weight is 266 g/mol. The summed E-state index contributed by atoms with van der Waals surface area (Å²) < 4.78 is 28.0. The third kappa shape index (κ3) is 2.47. The van der Waals surface area contributed by atoms with Crippen LogP contribution in [0.3, 0.4) is 0 Å². The Hall–Kier alpha value is -2.24. The molecule has 6 heteroatoms. The van der Waals surface area contributed by atoms with Crippen molar-refractivity contribution < 1.29 is 18.7 Å². The first kappa shape index (κ1) is 13.2. The smallest absolute Gasteiger partial charge is 0.339 e. The van der Waals surface area contributed by atoms with Crippen LogP contribution in [0.5, 0.6) is 0 Å². The molecule has 1 heterocycles. The van der Waals surface area contributed by atoms with Crippen molar-refractivity contribution in [3.05, 3.63) is 52.3 Å². The summed E-state index contributed by atoms with van der Waals surface area (Å²) in [5.74, 6) is -2.18. The minimum Gasteiger partial charge on any atom is -0.478 e. The summed E-state index contributed by atoms with van der Waals surface area (Å²) in [4.78, 5) is 11.0. The van der Waals surface area contributed by atoms with E-state index in [1.807, 2.05) is 0 Å². The molecule has 0 atom stereocenters. The minimum atomic E-state index is -1.08. The van der Waals surface area contributed by atoms with E-state index >= 15 is 0 Å². The number of carboxylic acid groups (broad SMARTS) is 1. The Bertz CT molecular complexity index is 650. The van der Waals surface area contributed by atoms with Crippen LogP contribution in [0, 0.1) is 25.5 Å². The molecule has 0 spiro atoms. The number of aromatic carboxylic acids is 1. The number of nitrogens with zero attached hydrogens (tertiary/aromatic N) is 2. The van der Waals surface area contributed by atoms with Crippen LogP contribution in [-0.4, -0.2) is 20.9 Å². The molecule has 2 rings (SSSR count). The van der Waals surface area contributed by atoms with E-state index < -0.39 is 17.6 Å². The van der Waals surface area contributed by atoms with Gasteiger partial charge in [-0.05, 0) is 32.0 Å². The lowest BCUT2D eigenvalue weighted by molar-refractivity contribution is 0.0695. The van der Waals surface area contributed by atoms with E-state index in [1.54, 1.807) is 13.8 Å². The highest BCUT2D eigenvalue weighted by Crippen LogP contribution is 2.16. The fourth-order valence-electron chi connectivity index (χ4n) is 1.99. The zero-order valence-corrected chi connectivity index (χ0v) is 10.4. The number of hydrogen-bond donors (Lipinski definition) is 1. The van der Waals surface area contributed by atoms with Gasteiger partial charge in [0.15, 0.2) is 0 Å². The molecule has 0 aliphatic carbocycles. The topological polar surface area (TPSA) is 55.1 Å². The normalized spacial score (nSPS) is 10.7. The van der Waals surface area contributed by atoms with Crippen molar-refractivity contribution in [2.45, 2.75) is 20.4 Å². The van der Waals surface area contributed by atoms with Gasteiger partial charge in [-0.15, -0.1) is 0 Å². The summed E-state index contributed by atoms with van der Waals surface area (Å²) in [5, 5.41) is 13.1. The first-order valence-corrected chi connectivity index (χ1v) is 5.61. The molecule has 1 aromatic carbocycles. The van der Waals surface area contributed by atoms with Gasteiger partial charge in [0.1, 0.15) is 17.2 Å². The fourth-order valence-corrected chi connectivity index (χ4v) is 1.99. The third-order valence-corrected chi connectivity index (χ3v) is 2.92. The van der Waals surface area contributed by atoms with Crippen LogP contribution >= 0.6 is 0 Å². The standard InChI is InChI=1S/C13H12F2N2O2/c1-7-12(13(18)19)8(2)17(16-7)6-9-5-10(14)3-4-11(9)15/h3-5H,6H2,1-2H3,(H,18,19). The summed E-state index contributed by atoms with van der Waals surface area (Å²) in [6, 6.07) is 3.14. The highest BCUT2D eigenvalue weighted by Gasteiger charge is 2.18. The van der Waals surface area contributed by atoms with Crippen molar-refractivity contribution in [2.75, 3.05) is 0 Å². The van der Waals surface area contributed by atoms with Crippen molar-refractivity contribution in [1.29, 1.82) is 0 Å². The van der Waals surface area contributed by atoms with Crippen molar-refractivity contribution in [2.24, 2.45) is 0 Å². The summed E-state index contributed by atoms with van der Waals surface area (Å²) in [6.45, 7) is 3.14. The molecule has 0 saturated carbocycles. The lowest BCUT2D eigenvalue weighted by Crippen LogP contribution is -2.07. The van der Waals surface area contributed by atoms with E-state index in [-0.39, 0.29) is 17.7 Å². The van der Waals surface area contributed by atoms with Gasteiger partial charge in [0, 0.05) is 5.56 Å². The zero-order valence-electron chi connectivity index (χ0n) is 10.4. The number of rotatable bonds is 3. The predicted molar refractivity (Wildman–Crippen MR) is 64.1 cm³/mol. The Balaban J connectivity index is 2.42. The van der Waals surface area contributed by atoms with Crippen LogP contribution in [0.4, 0.5) is 8.78 Å². The molecule has 0 saturated heterocycles. The fraction of sp³-hybridized carbons (Fsp3) is 0.231. The molecule has 0 aliphatic rings. The number of halogens is 2. The molecule has 100 valence electrons. The van der Waals surface area contributed by atoms with E-state index in [9.17, 15) is 13.6 Å². The van der Waals surface area contributed by atoms with Gasteiger partial charge < -0.3 is 5.11 Å². The van der Waals surface area contributed by atoms with Gasteiger partial charge in [0.05, 0.1) is 17.9 Å². The SMILES string of the molecule is Cc1nn(Cc2cc(F)ccc2F)c(C)c1C(=O)O. The first-order chi connectivity index (χ1) is 8.90. The number of aromatic nitrogens is 2. The van der Waals surface area contributed by atoms with E-state index in [0.29, 0.717) is 11.4 Å². The number of hydrogen-bond acceptors (Lipinski definition) is 2. The van der Waals surface area contributed by atoms with Crippen LogP contribution in [0.2, 0.25) is 0 Å². The maximum absolute atomic E-state index is 13.5. The Morgan fingerprint density at radius 3 is 2.63 bits per heavy atom. The number of carboxylic acids is 1. The van der Waals surface area contributed by atoms with Gasteiger partial charge in [-0.25, -0.2) is 13.6 Å². The molecule has 0 unspecified atom stereocenters. The van der Waals surface area contributed by atoms with E-state index in [4.69, 9.17) is 5.11 Å². The Kier molecular flexibility index (Phi) is 3.33. The molecule has 0 radical (unpaired) electrons. The molecule has 4 nitrogen and oxygen atoms in total. The second-order valence-corrected chi connectivity index (χ2v) is 4.24. The second-order valence-electron chi connectivity index (χ2n) is 4.24. The Labute approximate surface area is 108 Å². The van der Waals surface area contributed by atoms with Gasteiger partial charge in [0.2, 0.25) is 0 Å². The molecule has 0 aliphatic heterocycles. The maximum atomic E-state index is 13.5. The van der Waals surface area contributed by atoms with Crippen molar-refractivity contribution in [3.63, 3.8) is 0 Å². The molecule has 2 aromatic rings.